The smallest absolute Gasteiger partial charge is 0.314 e. The molecule has 0 radical (unpaired) electrons. The molecule has 1 rings (SSSR count). The number of esters is 1. The van der Waals surface area contributed by atoms with Crippen molar-refractivity contribution >= 4 is 11.9 Å². The molecule has 0 fully saturated rings. The highest BCUT2D eigenvalue weighted by Crippen LogP contribution is 2.17. The summed E-state index contributed by atoms with van der Waals surface area (Å²) in [7, 11) is 0. The first-order valence-electron chi connectivity index (χ1n) is 12.2. The van der Waals surface area contributed by atoms with Gasteiger partial charge in [-0.25, -0.2) is 0 Å². The van der Waals surface area contributed by atoms with Crippen LogP contribution in [0.5, 0.6) is 0 Å². The Bertz CT molecular complexity index is 609. The molecule has 0 aromatic heterocycles. The van der Waals surface area contributed by atoms with Crippen LogP contribution >= 0.6 is 0 Å². The molecule has 0 saturated carbocycles. The number of aliphatic carboxylic acids is 1. The molecule has 4 nitrogen and oxygen atoms in total. The van der Waals surface area contributed by atoms with Crippen LogP contribution in [0.3, 0.4) is 0 Å². The zero-order valence-corrected chi connectivity index (χ0v) is 19.4. The van der Waals surface area contributed by atoms with Crippen LogP contribution in [0.1, 0.15) is 108 Å². The topological polar surface area (TPSA) is 63.6 Å². The molecule has 1 atom stereocenters. The van der Waals surface area contributed by atoms with E-state index in [9.17, 15) is 14.7 Å². The van der Waals surface area contributed by atoms with Crippen molar-refractivity contribution in [3.63, 3.8) is 0 Å². The van der Waals surface area contributed by atoms with Gasteiger partial charge < -0.3 is 9.84 Å². The van der Waals surface area contributed by atoms with Crippen LogP contribution < -0.4 is 0 Å². The number of unbranched alkanes of at least 4 members (excludes halogenated alkanes) is 11. The summed E-state index contributed by atoms with van der Waals surface area (Å²) in [5, 5.41) is 9.36. The number of carboxylic acid groups (broad SMARTS) is 1. The monoisotopic (exact) mass is 430 g/mol. The van der Waals surface area contributed by atoms with Gasteiger partial charge in [0.15, 0.2) is 0 Å². The average Bonchev–Trinajstić information content (AvgIpc) is 2.77. The minimum Gasteiger partial charge on any atom is -0.481 e. The first-order chi connectivity index (χ1) is 15.1. The summed E-state index contributed by atoms with van der Waals surface area (Å²) in [4.78, 5) is 23.3. The number of carboxylic acids is 1. The van der Waals surface area contributed by atoms with E-state index in [0.29, 0.717) is 12.0 Å². The molecular weight excluding hydrogens is 388 g/mol. The van der Waals surface area contributed by atoms with Gasteiger partial charge in [-0.3, -0.25) is 9.59 Å². The van der Waals surface area contributed by atoms with E-state index in [1.165, 1.54) is 64.2 Å². The number of allylic oxidation sites excluding steroid dienone is 2. The Labute approximate surface area is 189 Å². The van der Waals surface area contributed by atoms with E-state index in [-0.39, 0.29) is 12.6 Å². The molecule has 4 heteroatoms. The fourth-order valence-electron chi connectivity index (χ4n) is 3.58. The molecule has 1 aromatic rings. The van der Waals surface area contributed by atoms with E-state index in [2.05, 4.69) is 19.1 Å². The summed E-state index contributed by atoms with van der Waals surface area (Å²) in [5.74, 6) is -2.08. The number of hydrogen-bond donors (Lipinski definition) is 1. The number of carbonyl (C=O) groups excluding carboxylic acids is 1. The van der Waals surface area contributed by atoms with Crippen molar-refractivity contribution in [1.82, 2.24) is 0 Å². The molecule has 0 saturated heterocycles. The van der Waals surface area contributed by atoms with E-state index in [1.54, 1.807) is 24.3 Å². The van der Waals surface area contributed by atoms with Gasteiger partial charge >= 0.3 is 11.9 Å². The van der Waals surface area contributed by atoms with Crippen molar-refractivity contribution in [3.05, 3.63) is 48.0 Å². The molecule has 1 aromatic carbocycles. The summed E-state index contributed by atoms with van der Waals surface area (Å²) in [5.41, 5.74) is 0.658. The molecule has 0 heterocycles. The highest BCUT2D eigenvalue weighted by molar-refractivity contribution is 5.77. The first kappa shape index (κ1) is 26.9. The Balaban J connectivity index is 1.96. The highest BCUT2D eigenvalue weighted by atomic mass is 16.5. The maximum atomic E-state index is 11.9. The third kappa shape index (κ3) is 14.5. The van der Waals surface area contributed by atoms with E-state index in [4.69, 9.17) is 4.74 Å². The maximum absolute atomic E-state index is 11.9. The zero-order chi connectivity index (χ0) is 22.6. The van der Waals surface area contributed by atoms with Crippen molar-refractivity contribution in [2.24, 2.45) is 0 Å². The number of ether oxygens (including phenoxy) is 1. The van der Waals surface area contributed by atoms with Crippen LogP contribution in [-0.2, 0) is 14.3 Å². The lowest BCUT2D eigenvalue weighted by molar-refractivity contribution is -0.148. The molecule has 0 spiro atoms. The first-order valence-corrected chi connectivity index (χ1v) is 12.2. The molecule has 0 bridgehead atoms. The molecule has 0 aliphatic heterocycles. The largest absolute Gasteiger partial charge is 0.481 e. The molecule has 174 valence electrons. The quantitative estimate of drug-likeness (QED) is 0.141. The molecule has 0 amide bonds. The van der Waals surface area contributed by atoms with E-state index >= 15 is 0 Å². The minimum atomic E-state index is -0.971. The lowest BCUT2D eigenvalue weighted by Gasteiger charge is -2.13. The van der Waals surface area contributed by atoms with Gasteiger partial charge in [0.1, 0.15) is 12.5 Å². The van der Waals surface area contributed by atoms with Crippen molar-refractivity contribution in [3.8, 4) is 0 Å². The number of rotatable bonds is 19. The Hall–Kier alpha value is -2.10. The van der Waals surface area contributed by atoms with E-state index in [1.807, 2.05) is 6.07 Å². The van der Waals surface area contributed by atoms with Crippen LogP contribution in [0.2, 0.25) is 0 Å². The average molecular weight is 431 g/mol. The molecule has 0 aliphatic carbocycles. The van der Waals surface area contributed by atoms with Crippen LogP contribution in [0, 0.1) is 0 Å². The molecule has 1 N–H and O–H groups in total. The van der Waals surface area contributed by atoms with Gasteiger partial charge in [0.2, 0.25) is 0 Å². The highest BCUT2D eigenvalue weighted by Gasteiger charge is 2.21. The maximum Gasteiger partial charge on any atom is 0.314 e. The van der Waals surface area contributed by atoms with Crippen LogP contribution in [0.25, 0.3) is 0 Å². The van der Waals surface area contributed by atoms with Crippen LogP contribution in [0.15, 0.2) is 42.5 Å². The van der Waals surface area contributed by atoms with E-state index < -0.39 is 11.9 Å². The van der Waals surface area contributed by atoms with Crippen molar-refractivity contribution in [2.45, 2.75) is 103 Å². The van der Waals surface area contributed by atoms with Crippen LogP contribution in [0.4, 0.5) is 0 Å². The second kappa shape index (κ2) is 18.7. The third-order valence-electron chi connectivity index (χ3n) is 5.55. The van der Waals surface area contributed by atoms with Gasteiger partial charge in [0.05, 0.1) is 0 Å². The Morgan fingerprint density at radius 3 is 1.97 bits per heavy atom. The van der Waals surface area contributed by atoms with Crippen molar-refractivity contribution in [2.75, 3.05) is 6.61 Å². The second-order valence-corrected chi connectivity index (χ2v) is 8.32. The van der Waals surface area contributed by atoms with Gasteiger partial charge in [-0.05, 0) is 37.7 Å². The summed E-state index contributed by atoms with van der Waals surface area (Å²) >= 11 is 0. The Morgan fingerprint density at radius 1 is 0.839 bits per heavy atom. The number of benzene rings is 1. The molecular formula is C27H42O4. The number of carbonyl (C=O) groups is 2. The lowest BCUT2D eigenvalue weighted by Crippen LogP contribution is -2.20. The zero-order valence-electron chi connectivity index (χ0n) is 19.4. The van der Waals surface area contributed by atoms with Gasteiger partial charge in [-0.2, -0.15) is 0 Å². The predicted octanol–water partition coefficient (Wildman–Crippen LogP) is 7.44. The fourth-order valence-corrected chi connectivity index (χ4v) is 3.58. The fraction of sp³-hybridized carbons (Fsp3) is 0.630. The number of hydrogen-bond acceptors (Lipinski definition) is 3. The molecule has 0 aliphatic rings. The van der Waals surface area contributed by atoms with Crippen molar-refractivity contribution < 1.29 is 19.4 Å². The standard InChI is InChI=1S/C27H42O4/c1-2-3-4-5-6-7-8-9-10-11-12-13-14-15-19-22-26(28)31-23-25(27(29)30)24-20-17-16-18-21-24/h7-8,16-18,20-21,25H,2-6,9-15,19,22-23H2,1H3,(H,29,30)/b8-7-. The molecule has 31 heavy (non-hydrogen) atoms. The summed E-state index contributed by atoms with van der Waals surface area (Å²) < 4.78 is 5.21. The summed E-state index contributed by atoms with van der Waals surface area (Å²) in [6, 6.07) is 8.91. The van der Waals surface area contributed by atoms with Crippen LogP contribution in [-0.4, -0.2) is 23.7 Å². The van der Waals surface area contributed by atoms with E-state index in [0.717, 1.165) is 19.3 Å². The lowest BCUT2D eigenvalue weighted by atomic mass is 10.0. The third-order valence-corrected chi connectivity index (χ3v) is 5.55. The minimum absolute atomic E-state index is 0.106. The van der Waals surface area contributed by atoms with Gasteiger partial charge in [0.25, 0.3) is 0 Å². The summed E-state index contributed by atoms with van der Waals surface area (Å²) in [6.45, 7) is 2.14. The Kier molecular flexibility index (Phi) is 16.2. The Morgan fingerprint density at radius 2 is 1.39 bits per heavy atom. The SMILES string of the molecule is CCCCCC/C=C\CCCCCCCCCC(=O)OCC(C(=O)O)c1ccccc1. The molecule has 1 unspecified atom stereocenters. The van der Waals surface area contributed by atoms with Crippen molar-refractivity contribution in [1.29, 1.82) is 0 Å². The summed E-state index contributed by atoms with van der Waals surface area (Å²) in [6.07, 6.45) is 20.8. The second-order valence-electron chi connectivity index (χ2n) is 8.32. The van der Waals surface area contributed by atoms with Gasteiger partial charge in [0, 0.05) is 6.42 Å². The normalized spacial score (nSPS) is 12.2. The van der Waals surface area contributed by atoms with Gasteiger partial charge in [-0.1, -0.05) is 101 Å². The van der Waals surface area contributed by atoms with Gasteiger partial charge in [-0.15, -0.1) is 0 Å². The predicted molar refractivity (Wildman–Crippen MR) is 127 cm³/mol.